The van der Waals surface area contributed by atoms with Crippen molar-refractivity contribution in [3.05, 3.63) is 34.3 Å². The van der Waals surface area contributed by atoms with Gasteiger partial charge < -0.3 is 10.1 Å². The number of hydrogen-bond donors (Lipinski definition) is 1. The molecule has 3 rings (SSSR count). The van der Waals surface area contributed by atoms with Gasteiger partial charge in [-0.2, -0.15) is 4.99 Å². The van der Waals surface area contributed by atoms with Crippen LogP contribution >= 0.6 is 15.9 Å². The van der Waals surface area contributed by atoms with Crippen LogP contribution in [0.2, 0.25) is 0 Å². The van der Waals surface area contributed by atoms with Crippen LogP contribution < -0.4 is 15.1 Å². The van der Waals surface area contributed by atoms with Crippen molar-refractivity contribution in [3.8, 4) is 5.75 Å². The fraction of sp³-hybridized carbons (Fsp3) is 0.312. The number of ether oxygens (including phenoxy) is 1. The van der Waals surface area contributed by atoms with Gasteiger partial charge in [0.1, 0.15) is 18.0 Å². The minimum atomic E-state index is -0.296. The first-order valence-corrected chi connectivity index (χ1v) is 8.73. The molecule has 2 amide bonds. The van der Waals surface area contributed by atoms with Crippen LogP contribution in [0.3, 0.4) is 0 Å². The maximum absolute atomic E-state index is 12.4. The minimum absolute atomic E-state index is 0.0939. The highest BCUT2D eigenvalue weighted by atomic mass is 79.9. The Kier molecular flexibility index (Phi) is 5.74. The Bertz CT molecular complexity index is 807. The van der Waals surface area contributed by atoms with Crippen LogP contribution in [-0.2, 0) is 9.59 Å². The SMILES string of the molecule is CC1=C2C(=O)N(CC(=O)NCCCOc3cncc(Br)c3)C=N[N+]2C=N1. The van der Waals surface area contributed by atoms with Gasteiger partial charge in [0, 0.05) is 17.2 Å². The maximum atomic E-state index is 12.4. The van der Waals surface area contributed by atoms with E-state index in [-0.39, 0.29) is 18.4 Å². The third kappa shape index (κ3) is 4.33. The molecular weight excluding hydrogens is 404 g/mol. The molecule has 0 saturated carbocycles. The number of rotatable bonds is 7. The molecule has 0 saturated heterocycles. The summed E-state index contributed by atoms with van der Waals surface area (Å²) in [7, 11) is 0. The molecule has 10 heteroatoms. The first-order valence-electron chi connectivity index (χ1n) is 7.94. The summed E-state index contributed by atoms with van der Waals surface area (Å²) in [6.45, 7) is 2.52. The number of allylic oxidation sites excluding steroid dienone is 1. The molecule has 1 aromatic heterocycles. The van der Waals surface area contributed by atoms with Gasteiger partial charge in [-0.1, -0.05) is 0 Å². The van der Waals surface area contributed by atoms with Crippen molar-refractivity contribution in [2.24, 2.45) is 10.1 Å². The average molecular weight is 421 g/mol. The molecule has 0 fully saturated rings. The maximum Gasteiger partial charge on any atom is 0.324 e. The Morgan fingerprint density at radius 3 is 3.08 bits per heavy atom. The number of aliphatic imine (C=N–C) groups is 1. The zero-order chi connectivity index (χ0) is 18.5. The lowest BCUT2D eigenvalue weighted by molar-refractivity contribution is -0.130. The number of halogens is 1. The van der Waals surface area contributed by atoms with Crippen LogP contribution in [0, 0.1) is 0 Å². The molecule has 9 nitrogen and oxygen atoms in total. The summed E-state index contributed by atoms with van der Waals surface area (Å²) in [6.07, 6.45) is 6.73. The molecule has 0 unspecified atom stereocenters. The molecule has 1 aromatic rings. The van der Waals surface area contributed by atoms with Gasteiger partial charge in [-0.15, -0.1) is 0 Å². The molecule has 135 valence electrons. The van der Waals surface area contributed by atoms with Gasteiger partial charge >= 0.3 is 11.6 Å². The monoisotopic (exact) mass is 420 g/mol. The van der Waals surface area contributed by atoms with Gasteiger partial charge in [0.15, 0.2) is 6.34 Å². The smallest absolute Gasteiger partial charge is 0.324 e. The summed E-state index contributed by atoms with van der Waals surface area (Å²) < 4.78 is 6.38. The number of carbonyl (C=O) groups is 2. The van der Waals surface area contributed by atoms with E-state index in [0.717, 1.165) is 4.47 Å². The molecule has 0 aromatic carbocycles. The number of nitrogens with one attached hydrogen (secondary N) is 1. The lowest BCUT2D eigenvalue weighted by Gasteiger charge is -2.18. The van der Waals surface area contributed by atoms with Crippen molar-refractivity contribution in [2.75, 3.05) is 19.7 Å². The number of hydrazone groups is 1. The van der Waals surface area contributed by atoms with Crippen molar-refractivity contribution in [1.82, 2.24) is 20.2 Å². The van der Waals surface area contributed by atoms with Gasteiger partial charge in [0.25, 0.3) is 6.34 Å². The third-order valence-corrected chi connectivity index (χ3v) is 4.05. The summed E-state index contributed by atoms with van der Waals surface area (Å²) in [4.78, 5) is 33.7. The molecule has 0 spiro atoms. The van der Waals surface area contributed by atoms with Crippen molar-refractivity contribution < 1.29 is 14.3 Å². The van der Waals surface area contributed by atoms with Crippen LogP contribution in [0.1, 0.15) is 13.3 Å². The van der Waals surface area contributed by atoms with Crippen molar-refractivity contribution in [2.45, 2.75) is 13.3 Å². The van der Waals surface area contributed by atoms with Crippen LogP contribution in [0.5, 0.6) is 5.75 Å². The van der Waals surface area contributed by atoms with Crippen LogP contribution in [0.15, 0.2) is 44.4 Å². The topological polar surface area (TPSA) is 102 Å². The summed E-state index contributed by atoms with van der Waals surface area (Å²) in [5.74, 6) is 0.1000. The highest BCUT2D eigenvalue weighted by Crippen LogP contribution is 2.19. The molecule has 1 N–H and O–H groups in total. The van der Waals surface area contributed by atoms with Crippen LogP contribution in [0.25, 0.3) is 0 Å². The van der Waals surface area contributed by atoms with Crippen molar-refractivity contribution in [3.63, 3.8) is 0 Å². The zero-order valence-corrected chi connectivity index (χ0v) is 15.6. The summed E-state index contributed by atoms with van der Waals surface area (Å²) in [5, 5.41) is 8.24. The van der Waals surface area contributed by atoms with E-state index in [1.165, 1.54) is 22.6 Å². The highest BCUT2D eigenvalue weighted by molar-refractivity contribution is 9.10. The lowest BCUT2D eigenvalue weighted by Crippen LogP contribution is -2.46. The van der Waals surface area contributed by atoms with Gasteiger partial charge in [-0.25, -0.2) is 0 Å². The second-order valence-corrected chi connectivity index (χ2v) is 6.49. The van der Waals surface area contributed by atoms with E-state index in [1.807, 2.05) is 6.07 Å². The summed E-state index contributed by atoms with van der Waals surface area (Å²) in [6, 6.07) is 1.82. The third-order valence-electron chi connectivity index (χ3n) is 3.62. The minimum Gasteiger partial charge on any atom is -0.492 e. The molecule has 3 heterocycles. The molecule has 0 bridgehead atoms. The molecule has 0 aliphatic carbocycles. The molecule has 2 aliphatic rings. The number of nitrogens with zero attached hydrogens (tertiary/aromatic N) is 5. The first kappa shape index (κ1) is 18.2. The second kappa shape index (κ2) is 8.19. The van der Waals surface area contributed by atoms with E-state index < -0.39 is 0 Å². The number of carbonyl (C=O) groups excluding carboxylic acids is 2. The second-order valence-electron chi connectivity index (χ2n) is 5.58. The first-order chi connectivity index (χ1) is 12.5. The highest BCUT2D eigenvalue weighted by Gasteiger charge is 2.42. The Morgan fingerprint density at radius 1 is 1.42 bits per heavy atom. The Hall–Kier alpha value is -2.59. The molecule has 0 atom stereocenters. The van der Waals surface area contributed by atoms with Gasteiger partial charge in [0.2, 0.25) is 5.91 Å². The van der Waals surface area contributed by atoms with Crippen molar-refractivity contribution in [1.29, 1.82) is 0 Å². The Balaban J connectivity index is 1.39. The standard InChI is InChI=1S/C16H17BrN6O3/c1-11-15-16(25)22(10-21-23(15)9-20-11)8-14(24)19-3-2-4-26-13-5-12(17)6-18-7-13/h5-7,9-10H,2-4,8H2,1H3,(H,19,24)/q+1. The fourth-order valence-electron chi connectivity index (χ4n) is 2.36. The van der Waals surface area contributed by atoms with Crippen molar-refractivity contribution >= 4 is 40.4 Å². The number of amides is 2. The lowest BCUT2D eigenvalue weighted by atomic mass is 10.3. The van der Waals surface area contributed by atoms with Gasteiger partial charge in [0.05, 0.1) is 17.8 Å². The number of fused-ring (bicyclic) bond motifs is 1. The number of pyridine rings is 1. The predicted molar refractivity (Wildman–Crippen MR) is 98.6 cm³/mol. The van der Waals surface area contributed by atoms with Crippen LogP contribution in [0.4, 0.5) is 0 Å². The zero-order valence-electron chi connectivity index (χ0n) is 14.1. The predicted octanol–water partition coefficient (Wildman–Crippen LogP) is 0.928. The summed E-state index contributed by atoms with van der Waals surface area (Å²) >= 11 is 3.32. The van der Waals surface area contributed by atoms with E-state index in [4.69, 9.17) is 4.74 Å². The molecule has 26 heavy (non-hydrogen) atoms. The van der Waals surface area contributed by atoms with E-state index in [0.29, 0.717) is 36.7 Å². The van der Waals surface area contributed by atoms with E-state index in [9.17, 15) is 9.59 Å². The quantitative estimate of drug-likeness (QED) is 0.523. The Labute approximate surface area is 158 Å². The van der Waals surface area contributed by atoms with E-state index in [1.54, 1.807) is 19.3 Å². The molecule has 1 radical (unpaired) electrons. The number of aromatic nitrogens is 1. The Morgan fingerprint density at radius 2 is 2.27 bits per heavy atom. The molecule has 2 aliphatic heterocycles. The largest absolute Gasteiger partial charge is 0.492 e. The average Bonchev–Trinajstić information content (AvgIpc) is 2.99. The van der Waals surface area contributed by atoms with Crippen LogP contribution in [-0.4, -0.2) is 54.1 Å². The van der Waals surface area contributed by atoms with Gasteiger partial charge in [-0.05, 0) is 40.4 Å². The molecular formula is C16H17BrN6O3+. The fourth-order valence-corrected chi connectivity index (χ4v) is 2.70. The van der Waals surface area contributed by atoms with Gasteiger partial charge in [-0.3, -0.25) is 19.5 Å². The summed E-state index contributed by atoms with van der Waals surface area (Å²) in [5.41, 5.74) is 0.952. The van der Waals surface area contributed by atoms with E-state index >= 15 is 0 Å². The normalized spacial score (nSPS) is 16.2. The number of hydrogen-bond acceptors (Lipinski definition) is 7. The van der Waals surface area contributed by atoms with E-state index in [2.05, 4.69) is 36.3 Å².